The first-order valence-corrected chi connectivity index (χ1v) is 13.3. The van der Waals surface area contributed by atoms with E-state index in [0.717, 1.165) is 11.4 Å². The summed E-state index contributed by atoms with van der Waals surface area (Å²) in [6.45, 7) is 6.07. The molecule has 3 saturated carbocycles. The lowest BCUT2D eigenvalue weighted by Crippen LogP contribution is -2.78. The van der Waals surface area contributed by atoms with Crippen molar-refractivity contribution in [1.82, 2.24) is 14.9 Å². The predicted molar refractivity (Wildman–Crippen MR) is 128 cm³/mol. The van der Waals surface area contributed by atoms with Gasteiger partial charge in [0, 0.05) is 24.5 Å². The van der Waals surface area contributed by atoms with E-state index < -0.39 is 27.1 Å². The molecule has 0 saturated heterocycles. The van der Waals surface area contributed by atoms with Crippen molar-refractivity contribution in [3.8, 4) is 0 Å². The maximum absolute atomic E-state index is 13.2. The zero-order valence-electron chi connectivity index (χ0n) is 18.8. The number of aliphatic imine (C=N–C) groups is 1. The second-order valence-corrected chi connectivity index (χ2v) is 12.8. The Morgan fingerprint density at radius 2 is 1.91 bits per heavy atom. The van der Waals surface area contributed by atoms with Crippen LogP contribution >= 0.6 is 23.2 Å². The lowest BCUT2D eigenvalue weighted by molar-refractivity contribution is -0.151. The van der Waals surface area contributed by atoms with Crippen LogP contribution in [0.25, 0.3) is 0 Å². The van der Waals surface area contributed by atoms with Crippen molar-refractivity contribution in [3.05, 3.63) is 33.8 Å². The van der Waals surface area contributed by atoms with Gasteiger partial charge in [0.25, 0.3) is 0 Å². The molecule has 0 spiro atoms. The van der Waals surface area contributed by atoms with Crippen molar-refractivity contribution >= 4 is 45.0 Å². The Kier molecular flexibility index (Phi) is 5.84. The maximum atomic E-state index is 13.2. The van der Waals surface area contributed by atoms with Crippen LogP contribution in [0.15, 0.2) is 23.2 Å². The van der Waals surface area contributed by atoms with Crippen LogP contribution in [0.3, 0.4) is 0 Å². The molecule has 10 heteroatoms. The van der Waals surface area contributed by atoms with Gasteiger partial charge in [-0.1, -0.05) is 36.2 Å². The van der Waals surface area contributed by atoms with Crippen LogP contribution < -0.4 is 10.6 Å². The Balaban J connectivity index is 1.57. The van der Waals surface area contributed by atoms with E-state index in [9.17, 15) is 13.2 Å². The quantitative estimate of drug-likeness (QED) is 0.572. The summed E-state index contributed by atoms with van der Waals surface area (Å²) in [7, 11) is -1.83. The Labute approximate surface area is 200 Å². The molecule has 2 N–H and O–H groups in total. The Morgan fingerprint density at radius 1 is 1.25 bits per heavy atom. The van der Waals surface area contributed by atoms with Gasteiger partial charge in [0.15, 0.2) is 6.04 Å². The fourth-order valence-corrected chi connectivity index (χ4v) is 7.66. The lowest BCUT2D eigenvalue weighted by atomic mass is 9.38. The third-order valence-corrected chi connectivity index (χ3v) is 9.87. The molecule has 1 aromatic rings. The molecule has 4 aliphatic rings. The average molecular weight is 501 g/mol. The highest BCUT2D eigenvalue weighted by atomic mass is 35.5. The number of amides is 1. The summed E-state index contributed by atoms with van der Waals surface area (Å²) < 4.78 is 28.1. The summed E-state index contributed by atoms with van der Waals surface area (Å²) in [5.41, 5.74) is -0.265. The molecule has 0 aromatic heterocycles. The van der Waals surface area contributed by atoms with E-state index >= 15 is 0 Å². The number of halogens is 2. The van der Waals surface area contributed by atoms with Crippen LogP contribution in [0, 0.1) is 5.41 Å². The van der Waals surface area contributed by atoms with Crippen molar-refractivity contribution in [1.29, 1.82) is 0 Å². The molecule has 1 amide bonds. The number of rotatable bonds is 8. The predicted octanol–water partition coefficient (Wildman–Crippen LogP) is 3.35. The van der Waals surface area contributed by atoms with Gasteiger partial charge in [-0.25, -0.2) is 8.42 Å². The minimum absolute atomic E-state index is 0.105. The molecule has 176 valence electrons. The van der Waals surface area contributed by atoms with Crippen LogP contribution in [-0.2, 0) is 21.4 Å². The SMILES string of the molecule is CCCS(=O)(=O)N(Cc1ccc(Cl)c(Cl)c1)C12CC(C3=N[C@@H](C(=O)NC)C(C)(C)N3)(C1)C2. The van der Waals surface area contributed by atoms with Gasteiger partial charge in [-0.05, 0) is 57.2 Å². The molecule has 0 radical (unpaired) electrons. The number of hydrogen-bond acceptors (Lipinski definition) is 5. The van der Waals surface area contributed by atoms with Gasteiger partial charge >= 0.3 is 0 Å². The number of carbonyl (C=O) groups excluding carboxylic acids is 1. The largest absolute Gasteiger partial charge is 0.366 e. The van der Waals surface area contributed by atoms with Gasteiger partial charge in [0.05, 0.1) is 21.3 Å². The van der Waals surface area contributed by atoms with E-state index in [-0.39, 0.29) is 23.6 Å². The molecular formula is C22H30Cl2N4O3S. The number of carbonyl (C=O) groups is 1. The molecule has 1 aromatic carbocycles. The van der Waals surface area contributed by atoms with E-state index in [1.165, 1.54) is 0 Å². The van der Waals surface area contributed by atoms with Crippen LogP contribution in [0.2, 0.25) is 10.0 Å². The van der Waals surface area contributed by atoms with Gasteiger partial charge in [0.2, 0.25) is 15.9 Å². The second-order valence-electron chi connectivity index (χ2n) is 9.95. The Hall–Kier alpha value is -1.35. The number of sulfonamides is 1. The van der Waals surface area contributed by atoms with Gasteiger partial charge in [-0.15, -0.1) is 0 Å². The first-order chi connectivity index (χ1) is 14.9. The van der Waals surface area contributed by atoms with E-state index in [1.54, 1.807) is 23.5 Å². The van der Waals surface area contributed by atoms with E-state index in [0.29, 0.717) is 35.7 Å². The van der Waals surface area contributed by atoms with Crippen molar-refractivity contribution < 1.29 is 13.2 Å². The normalized spacial score (nSPS) is 30.2. The summed E-state index contributed by atoms with van der Waals surface area (Å²) in [5, 5.41) is 6.99. The van der Waals surface area contributed by atoms with Crippen LogP contribution in [0.4, 0.5) is 0 Å². The second kappa shape index (κ2) is 7.86. The topological polar surface area (TPSA) is 90.9 Å². The molecular weight excluding hydrogens is 471 g/mol. The van der Waals surface area contributed by atoms with Gasteiger partial charge in [-0.2, -0.15) is 4.31 Å². The summed E-state index contributed by atoms with van der Waals surface area (Å²) >= 11 is 12.2. The Bertz CT molecular complexity index is 1070. The number of amidine groups is 1. The molecule has 0 unspecified atom stereocenters. The number of hydrogen-bond donors (Lipinski definition) is 2. The number of nitrogens with one attached hydrogen (secondary N) is 2. The van der Waals surface area contributed by atoms with Gasteiger partial charge in [-0.3, -0.25) is 9.79 Å². The molecule has 2 bridgehead atoms. The highest BCUT2D eigenvalue weighted by molar-refractivity contribution is 7.89. The molecule has 1 atom stereocenters. The van der Waals surface area contributed by atoms with Crippen LogP contribution in [-0.4, -0.2) is 54.4 Å². The van der Waals surface area contributed by atoms with Crippen molar-refractivity contribution in [2.45, 2.75) is 70.1 Å². The first-order valence-electron chi connectivity index (χ1n) is 10.9. The number of nitrogens with zero attached hydrogens (tertiary/aromatic N) is 2. The monoisotopic (exact) mass is 500 g/mol. The van der Waals surface area contributed by atoms with Crippen molar-refractivity contribution in [2.24, 2.45) is 10.4 Å². The molecule has 32 heavy (non-hydrogen) atoms. The molecule has 3 fully saturated rings. The first kappa shape index (κ1) is 23.8. The van der Waals surface area contributed by atoms with E-state index in [4.69, 9.17) is 28.2 Å². The molecule has 1 aliphatic heterocycles. The van der Waals surface area contributed by atoms with Crippen molar-refractivity contribution in [2.75, 3.05) is 12.8 Å². The van der Waals surface area contributed by atoms with E-state index in [1.807, 2.05) is 26.8 Å². The molecule has 7 nitrogen and oxygen atoms in total. The fourth-order valence-electron chi connectivity index (χ4n) is 5.47. The molecule has 3 aliphatic carbocycles. The highest BCUT2D eigenvalue weighted by Crippen LogP contribution is 2.71. The Morgan fingerprint density at radius 3 is 2.47 bits per heavy atom. The highest BCUT2D eigenvalue weighted by Gasteiger charge is 2.75. The minimum atomic E-state index is -3.44. The zero-order valence-corrected chi connectivity index (χ0v) is 21.2. The lowest BCUT2D eigenvalue weighted by Gasteiger charge is -2.73. The standard InChI is InChI=1S/C22H30Cl2N4O3S/c1-5-8-32(30,31)28(10-14-6-7-15(23)16(24)9-14)22-11-21(12-22,13-22)19-26-17(18(29)25-4)20(2,3)27-19/h6-7,9,17H,5,8,10-13H2,1-4H3,(H,25,29)(H,26,27)/t17-,21?,22?/m0/s1. The molecule has 1 heterocycles. The zero-order chi connectivity index (χ0) is 23.5. The van der Waals surface area contributed by atoms with E-state index in [2.05, 4.69) is 10.6 Å². The molecule has 5 rings (SSSR count). The summed E-state index contributed by atoms with van der Waals surface area (Å²) in [5.74, 6) is 0.819. The third kappa shape index (κ3) is 3.73. The summed E-state index contributed by atoms with van der Waals surface area (Å²) in [4.78, 5) is 17.0. The number of benzene rings is 1. The summed E-state index contributed by atoms with van der Waals surface area (Å²) in [6, 6.07) is 4.76. The maximum Gasteiger partial charge on any atom is 0.247 e. The third-order valence-electron chi connectivity index (χ3n) is 7.02. The fraction of sp³-hybridized carbons (Fsp3) is 0.636. The smallest absolute Gasteiger partial charge is 0.247 e. The number of likely N-dealkylation sites (N-methyl/N-ethyl adjacent to an activating group) is 1. The van der Waals surface area contributed by atoms with Gasteiger partial charge in [0.1, 0.15) is 5.84 Å². The van der Waals surface area contributed by atoms with Crippen LogP contribution in [0.5, 0.6) is 0 Å². The minimum Gasteiger partial charge on any atom is -0.366 e. The van der Waals surface area contributed by atoms with Crippen molar-refractivity contribution in [3.63, 3.8) is 0 Å². The van der Waals surface area contributed by atoms with Crippen LogP contribution in [0.1, 0.15) is 52.0 Å². The van der Waals surface area contributed by atoms with Gasteiger partial charge < -0.3 is 10.6 Å². The summed E-state index contributed by atoms with van der Waals surface area (Å²) in [6.07, 6.45) is 2.66. The average Bonchev–Trinajstić information content (AvgIpc) is 2.96.